The van der Waals surface area contributed by atoms with Gasteiger partial charge in [-0.1, -0.05) is 16.9 Å². The zero-order valence-corrected chi connectivity index (χ0v) is 11.7. The van der Waals surface area contributed by atoms with Gasteiger partial charge in [-0.15, -0.1) is 11.3 Å². The van der Waals surface area contributed by atoms with Gasteiger partial charge in [0.2, 0.25) is 0 Å². The molecule has 0 bridgehead atoms. The van der Waals surface area contributed by atoms with Crippen LogP contribution in [0.15, 0.2) is 38.0 Å². The average Bonchev–Trinajstić information content (AvgIpc) is 2.74. The number of hydrogen-bond donors (Lipinski definition) is 2. The van der Waals surface area contributed by atoms with Gasteiger partial charge < -0.3 is 10.9 Å². The highest BCUT2D eigenvalue weighted by atomic mass is 32.2. The van der Waals surface area contributed by atoms with Crippen LogP contribution in [0.2, 0.25) is 0 Å². The molecule has 0 saturated carbocycles. The van der Waals surface area contributed by atoms with Gasteiger partial charge in [0.15, 0.2) is 10.2 Å². The third kappa shape index (κ3) is 2.83. The second-order valence-corrected chi connectivity index (χ2v) is 6.00. The molecule has 1 aromatic heterocycles. The summed E-state index contributed by atoms with van der Waals surface area (Å²) in [6.07, 6.45) is 0. The molecule has 0 aliphatic heterocycles. The van der Waals surface area contributed by atoms with E-state index in [-0.39, 0.29) is 5.84 Å². The van der Waals surface area contributed by atoms with Crippen molar-refractivity contribution in [1.82, 2.24) is 4.98 Å². The van der Waals surface area contributed by atoms with E-state index in [9.17, 15) is 0 Å². The fourth-order valence-corrected chi connectivity index (χ4v) is 3.43. The van der Waals surface area contributed by atoms with Gasteiger partial charge in [-0.3, -0.25) is 0 Å². The molecule has 3 N–H and O–H groups in total. The second kappa shape index (κ2) is 5.41. The second-order valence-electron chi connectivity index (χ2n) is 3.82. The summed E-state index contributed by atoms with van der Waals surface area (Å²) in [5.41, 5.74) is 8.34. The number of nitrogens with zero attached hydrogens (tertiary/aromatic N) is 2. The molecule has 1 heterocycles. The highest BCUT2D eigenvalue weighted by Crippen LogP contribution is 2.31. The third-order valence-corrected chi connectivity index (χ3v) is 4.43. The average molecular weight is 279 g/mol. The summed E-state index contributed by atoms with van der Waals surface area (Å²) >= 11 is 3.24. The van der Waals surface area contributed by atoms with Crippen LogP contribution in [0.3, 0.4) is 0 Å². The maximum atomic E-state index is 8.67. The minimum atomic E-state index is 0.133. The minimum absolute atomic E-state index is 0.133. The standard InChI is InChI=1S/C12H13N3OS2/c1-7-5-9(3-4-10(7)11(13)15-16)18-12-14-8(2)6-17-12/h3-6,16H,1-2H3,(H2,13,15). The topological polar surface area (TPSA) is 71.5 Å². The Kier molecular flexibility index (Phi) is 3.88. The molecule has 0 aliphatic carbocycles. The van der Waals surface area contributed by atoms with Gasteiger partial charge in [0.25, 0.3) is 0 Å². The number of hydrogen-bond acceptors (Lipinski definition) is 5. The van der Waals surface area contributed by atoms with E-state index in [1.54, 1.807) is 23.1 Å². The number of thiazole rings is 1. The van der Waals surface area contributed by atoms with Gasteiger partial charge in [-0.25, -0.2) is 4.98 Å². The van der Waals surface area contributed by atoms with E-state index >= 15 is 0 Å². The van der Waals surface area contributed by atoms with Crippen LogP contribution in [0.4, 0.5) is 0 Å². The number of benzene rings is 1. The molecule has 0 amide bonds. The summed E-state index contributed by atoms with van der Waals surface area (Å²) in [6, 6.07) is 5.81. The largest absolute Gasteiger partial charge is 0.409 e. The molecule has 0 atom stereocenters. The van der Waals surface area contributed by atoms with Crippen molar-refractivity contribution in [2.24, 2.45) is 10.9 Å². The van der Waals surface area contributed by atoms with Crippen molar-refractivity contribution >= 4 is 28.9 Å². The molecular formula is C12H13N3OS2. The van der Waals surface area contributed by atoms with Gasteiger partial charge in [-0.05, 0) is 37.6 Å². The van der Waals surface area contributed by atoms with E-state index in [0.717, 1.165) is 26.1 Å². The Labute approximate surface area is 114 Å². The van der Waals surface area contributed by atoms with Crippen molar-refractivity contribution < 1.29 is 5.21 Å². The molecule has 0 aliphatic rings. The normalized spacial score (nSPS) is 11.8. The molecule has 6 heteroatoms. The first-order valence-electron chi connectivity index (χ1n) is 5.28. The lowest BCUT2D eigenvalue weighted by atomic mass is 10.1. The number of rotatable bonds is 3. The highest BCUT2D eigenvalue weighted by molar-refractivity contribution is 8.01. The van der Waals surface area contributed by atoms with Crippen LogP contribution in [0.1, 0.15) is 16.8 Å². The molecule has 2 rings (SSSR count). The first-order chi connectivity index (χ1) is 8.60. The van der Waals surface area contributed by atoms with Crippen molar-refractivity contribution in [3.8, 4) is 0 Å². The number of aromatic nitrogens is 1. The first-order valence-corrected chi connectivity index (χ1v) is 6.98. The van der Waals surface area contributed by atoms with Crippen molar-refractivity contribution in [3.05, 3.63) is 40.4 Å². The Balaban J connectivity index is 2.24. The fourth-order valence-electron chi connectivity index (χ4n) is 1.52. The van der Waals surface area contributed by atoms with Crippen molar-refractivity contribution in [2.45, 2.75) is 23.1 Å². The molecule has 0 saturated heterocycles. The molecule has 2 aromatic rings. The molecule has 0 radical (unpaired) electrons. The monoisotopic (exact) mass is 279 g/mol. The molecular weight excluding hydrogens is 266 g/mol. The highest BCUT2D eigenvalue weighted by Gasteiger charge is 2.07. The minimum Gasteiger partial charge on any atom is -0.409 e. The van der Waals surface area contributed by atoms with E-state index in [2.05, 4.69) is 10.1 Å². The Hall–Kier alpha value is -1.53. The van der Waals surface area contributed by atoms with E-state index < -0.39 is 0 Å². The summed E-state index contributed by atoms with van der Waals surface area (Å²) in [6.45, 7) is 3.91. The Morgan fingerprint density at radius 3 is 2.78 bits per heavy atom. The maximum absolute atomic E-state index is 8.67. The predicted octanol–water partition coefficient (Wildman–Crippen LogP) is 3.01. The molecule has 1 aromatic carbocycles. The first kappa shape index (κ1) is 12.9. The van der Waals surface area contributed by atoms with Gasteiger partial charge in [0, 0.05) is 21.5 Å². The van der Waals surface area contributed by atoms with Gasteiger partial charge in [0.1, 0.15) is 0 Å². The summed E-state index contributed by atoms with van der Waals surface area (Å²) in [5.74, 6) is 0.133. The van der Waals surface area contributed by atoms with Gasteiger partial charge >= 0.3 is 0 Å². The molecule has 18 heavy (non-hydrogen) atoms. The lowest BCUT2D eigenvalue weighted by Crippen LogP contribution is -2.14. The van der Waals surface area contributed by atoms with Crippen LogP contribution in [-0.2, 0) is 0 Å². The van der Waals surface area contributed by atoms with Crippen LogP contribution >= 0.6 is 23.1 Å². The van der Waals surface area contributed by atoms with E-state index in [1.807, 2.05) is 37.4 Å². The molecule has 94 valence electrons. The van der Waals surface area contributed by atoms with Crippen LogP contribution < -0.4 is 5.73 Å². The molecule has 4 nitrogen and oxygen atoms in total. The van der Waals surface area contributed by atoms with E-state index in [0.29, 0.717) is 0 Å². The fraction of sp³-hybridized carbons (Fsp3) is 0.167. The number of amidine groups is 1. The van der Waals surface area contributed by atoms with Crippen LogP contribution in [-0.4, -0.2) is 16.0 Å². The predicted molar refractivity (Wildman–Crippen MR) is 74.7 cm³/mol. The zero-order chi connectivity index (χ0) is 13.1. The summed E-state index contributed by atoms with van der Waals surface area (Å²) in [5, 5.41) is 13.7. The summed E-state index contributed by atoms with van der Waals surface area (Å²) in [4.78, 5) is 5.50. The summed E-state index contributed by atoms with van der Waals surface area (Å²) in [7, 11) is 0. The van der Waals surface area contributed by atoms with Crippen molar-refractivity contribution in [3.63, 3.8) is 0 Å². The molecule has 0 spiro atoms. The zero-order valence-electron chi connectivity index (χ0n) is 10.0. The quantitative estimate of drug-likeness (QED) is 0.392. The number of aryl methyl sites for hydroxylation is 2. The van der Waals surface area contributed by atoms with Crippen molar-refractivity contribution in [2.75, 3.05) is 0 Å². The lowest BCUT2D eigenvalue weighted by molar-refractivity contribution is 0.318. The Bertz CT molecular complexity index is 593. The van der Waals surface area contributed by atoms with Crippen LogP contribution in [0.5, 0.6) is 0 Å². The molecule has 0 unspecified atom stereocenters. The van der Waals surface area contributed by atoms with Crippen LogP contribution in [0, 0.1) is 13.8 Å². The van der Waals surface area contributed by atoms with Gasteiger partial charge in [0.05, 0.1) is 0 Å². The van der Waals surface area contributed by atoms with E-state index in [1.165, 1.54) is 0 Å². The maximum Gasteiger partial charge on any atom is 0.170 e. The number of nitrogens with two attached hydrogens (primary N) is 1. The van der Waals surface area contributed by atoms with Crippen molar-refractivity contribution in [1.29, 1.82) is 0 Å². The Morgan fingerprint density at radius 2 is 2.22 bits per heavy atom. The SMILES string of the molecule is Cc1csc(Sc2ccc(/C(N)=N/O)c(C)c2)n1. The lowest BCUT2D eigenvalue weighted by Gasteiger charge is -2.05. The van der Waals surface area contributed by atoms with Gasteiger partial charge in [-0.2, -0.15) is 0 Å². The molecule has 0 fully saturated rings. The van der Waals surface area contributed by atoms with Crippen LogP contribution in [0.25, 0.3) is 0 Å². The number of oxime groups is 1. The van der Waals surface area contributed by atoms with E-state index in [4.69, 9.17) is 10.9 Å². The Morgan fingerprint density at radius 1 is 1.44 bits per heavy atom. The summed E-state index contributed by atoms with van der Waals surface area (Å²) < 4.78 is 1.02. The smallest absolute Gasteiger partial charge is 0.170 e. The third-order valence-electron chi connectivity index (χ3n) is 2.38.